The first-order valence-electron chi connectivity index (χ1n) is 6.91. The molecule has 2 N–H and O–H groups in total. The fourth-order valence-corrected chi connectivity index (χ4v) is 2.02. The highest BCUT2D eigenvalue weighted by atomic mass is 16.5. The van der Waals surface area contributed by atoms with Crippen LogP contribution in [0.3, 0.4) is 0 Å². The Bertz CT molecular complexity index is 741. The van der Waals surface area contributed by atoms with Crippen molar-refractivity contribution in [1.29, 1.82) is 0 Å². The molecule has 2 rings (SSSR count). The number of nitrogens with zero attached hydrogens (tertiary/aromatic N) is 1. The first-order chi connectivity index (χ1) is 11.1. The first kappa shape index (κ1) is 16.4. The maximum Gasteiger partial charge on any atom is 0.275 e. The van der Waals surface area contributed by atoms with Crippen molar-refractivity contribution in [2.75, 3.05) is 14.2 Å². The Morgan fingerprint density at radius 3 is 2.48 bits per heavy atom. The number of hydrogen-bond donors (Lipinski definition) is 2. The zero-order valence-corrected chi connectivity index (χ0v) is 13.2. The summed E-state index contributed by atoms with van der Waals surface area (Å²) in [5.74, 6) is 0.618. The van der Waals surface area contributed by atoms with Gasteiger partial charge in [-0.2, -0.15) is 5.10 Å². The highest BCUT2D eigenvalue weighted by Crippen LogP contribution is 2.29. The Balaban J connectivity index is 2.15. The maximum atomic E-state index is 11.9. The van der Waals surface area contributed by atoms with E-state index in [1.165, 1.54) is 18.3 Å². The van der Waals surface area contributed by atoms with Crippen LogP contribution in [0.4, 0.5) is 0 Å². The van der Waals surface area contributed by atoms with E-state index in [0.717, 1.165) is 11.1 Å². The monoisotopic (exact) mass is 314 g/mol. The molecule has 0 aliphatic heterocycles. The lowest BCUT2D eigenvalue weighted by atomic mass is 10.1. The number of benzene rings is 2. The Kier molecular flexibility index (Phi) is 5.19. The number of ether oxygens (including phenoxy) is 2. The molecule has 0 radical (unpaired) electrons. The van der Waals surface area contributed by atoms with E-state index >= 15 is 0 Å². The minimum absolute atomic E-state index is 0.0949. The number of phenols is 1. The van der Waals surface area contributed by atoms with Crippen LogP contribution < -0.4 is 14.9 Å². The topological polar surface area (TPSA) is 80.2 Å². The molecule has 2 aromatic carbocycles. The summed E-state index contributed by atoms with van der Waals surface area (Å²) in [5.41, 5.74) is 4.24. The van der Waals surface area contributed by atoms with Crippen LogP contribution in [0.5, 0.6) is 17.2 Å². The number of methoxy groups -OCH3 is 2. The summed E-state index contributed by atoms with van der Waals surface area (Å²) in [6, 6.07) is 9.85. The number of para-hydroxylation sites is 1. The molecule has 0 spiro atoms. The van der Waals surface area contributed by atoms with Crippen molar-refractivity contribution >= 4 is 12.1 Å². The van der Waals surface area contributed by atoms with Gasteiger partial charge in [0.05, 0.1) is 26.0 Å². The number of nitrogens with one attached hydrogen (secondary N) is 1. The van der Waals surface area contributed by atoms with Crippen molar-refractivity contribution < 1.29 is 19.4 Å². The van der Waals surface area contributed by atoms with Crippen molar-refractivity contribution in [2.45, 2.75) is 6.92 Å². The Morgan fingerprint density at radius 1 is 1.17 bits per heavy atom. The van der Waals surface area contributed by atoms with Crippen LogP contribution in [0.1, 0.15) is 21.5 Å². The molecule has 6 heteroatoms. The molecular weight excluding hydrogens is 296 g/mol. The average Bonchev–Trinajstić information content (AvgIpc) is 2.56. The van der Waals surface area contributed by atoms with Crippen LogP contribution in [-0.2, 0) is 0 Å². The van der Waals surface area contributed by atoms with Gasteiger partial charge in [-0.25, -0.2) is 5.43 Å². The van der Waals surface area contributed by atoms with Crippen LogP contribution in [0.15, 0.2) is 41.5 Å². The van der Waals surface area contributed by atoms with Gasteiger partial charge in [0.2, 0.25) is 0 Å². The third-order valence-corrected chi connectivity index (χ3v) is 3.29. The fraction of sp³-hybridized carbons (Fsp3) is 0.176. The van der Waals surface area contributed by atoms with Gasteiger partial charge < -0.3 is 14.6 Å². The predicted molar refractivity (Wildman–Crippen MR) is 87.5 cm³/mol. The predicted octanol–water partition coefficient (Wildman–Crippen LogP) is 2.48. The van der Waals surface area contributed by atoms with Gasteiger partial charge in [0, 0.05) is 5.56 Å². The van der Waals surface area contributed by atoms with Gasteiger partial charge >= 0.3 is 0 Å². The average molecular weight is 314 g/mol. The molecule has 0 heterocycles. The second-order valence-electron chi connectivity index (χ2n) is 4.78. The molecule has 0 aliphatic rings. The number of carbonyl (C=O) groups is 1. The molecule has 2 aromatic rings. The van der Waals surface area contributed by atoms with Gasteiger partial charge in [0.1, 0.15) is 5.75 Å². The standard InChI is InChI=1S/C17H18N2O4/c1-11-8-15(22-2)16(23-3)9-12(11)10-18-19-17(21)13-6-4-5-7-14(13)20/h4-10,20H,1-3H3,(H,19,21)/b18-10+. The second-order valence-corrected chi connectivity index (χ2v) is 4.78. The van der Waals surface area contributed by atoms with Crippen LogP contribution in [-0.4, -0.2) is 31.4 Å². The zero-order valence-electron chi connectivity index (χ0n) is 13.2. The molecule has 0 atom stereocenters. The minimum atomic E-state index is -0.488. The number of amides is 1. The third-order valence-electron chi connectivity index (χ3n) is 3.29. The zero-order chi connectivity index (χ0) is 16.8. The smallest absolute Gasteiger partial charge is 0.275 e. The molecule has 23 heavy (non-hydrogen) atoms. The van der Waals surface area contributed by atoms with E-state index < -0.39 is 5.91 Å². The Hall–Kier alpha value is -3.02. The van der Waals surface area contributed by atoms with E-state index in [2.05, 4.69) is 10.5 Å². The minimum Gasteiger partial charge on any atom is -0.507 e. The molecule has 0 saturated heterocycles. The van der Waals surface area contributed by atoms with Crippen molar-refractivity contribution in [3.8, 4) is 17.2 Å². The van der Waals surface area contributed by atoms with Crippen molar-refractivity contribution in [3.05, 3.63) is 53.1 Å². The van der Waals surface area contributed by atoms with Crippen molar-refractivity contribution in [1.82, 2.24) is 5.43 Å². The van der Waals surface area contributed by atoms with Gasteiger partial charge in [0.15, 0.2) is 11.5 Å². The first-order valence-corrected chi connectivity index (χ1v) is 6.91. The largest absolute Gasteiger partial charge is 0.507 e. The summed E-state index contributed by atoms with van der Waals surface area (Å²) in [7, 11) is 3.12. The molecule has 0 bridgehead atoms. The Morgan fingerprint density at radius 2 is 1.83 bits per heavy atom. The molecule has 0 aliphatic carbocycles. The van der Waals surface area contributed by atoms with E-state index in [-0.39, 0.29) is 11.3 Å². The van der Waals surface area contributed by atoms with Crippen molar-refractivity contribution in [2.24, 2.45) is 5.10 Å². The van der Waals surface area contributed by atoms with Crippen LogP contribution in [0.2, 0.25) is 0 Å². The molecule has 0 unspecified atom stereocenters. The number of hydrazone groups is 1. The van der Waals surface area contributed by atoms with E-state index in [1.807, 2.05) is 13.0 Å². The van der Waals surface area contributed by atoms with Crippen LogP contribution >= 0.6 is 0 Å². The number of carbonyl (C=O) groups excluding carboxylic acids is 1. The number of aryl methyl sites for hydroxylation is 1. The van der Waals surface area contributed by atoms with E-state index in [0.29, 0.717) is 11.5 Å². The number of rotatable bonds is 5. The van der Waals surface area contributed by atoms with E-state index in [4.69, 9.17) is 9.47 Å². The summed E-state index contributed by atoms with van der Waals surface area (Å²) < 4.78 is 10.5. The molecule has 0 aromatic heterocycles. The molecule has 0 saturated carbocycles. The maximum absolute atomic E-state index is 11.9. The quantitative estimate of drug-likeness (QED) is 0.656. The third kappa shape index (κ3) is 3.79. The van der Waals surface area contributed by atoms with Crippen LogP contribution in [0, 0.1) is 6.92 Å². The van der Waals surface area contributed by atoms with Gasteiger partial charge in [-0.15, -0.1) is 0 Å². The second kappa shape index (κ2) is 7.31. The van der Waals surface area contributed by atoms with Crippen LogP contribution in [0.25, 0.3) is 0 Å². The summed E-state index contributed by atoms with van der Waals surface area (Å²) >= 11 is 0. The molecule has 1 amide bonds. The van der Waals surface area contributed by atoms with Gasteiger partial charge in [0.25, 0.3) is 5.91 Å². The lowest BCUT2D eigenvalue weighted by molar-refractivity contribution is 0.0952. The number of aromatic hydroxyl groups is 1. The fourth-order valence-electron chi connectivity index (χ4n) is 2.02. The lowest BCUT2D eigenvalue weighted by Crippen LogP contribution is -2.17. The highest BCUT2D eigenvalue weighted by molar-refractivity contribution is 5.97. The molecule has 120 valence electrons. The number of phenolic OH excluding ortho intramolecular Hbond substituents is 1. The molecular formula is C17H18N2O4. The lowest BCUT2D eigenvalue weighted by Gasteiger charge is -2.10. The molecule has 0 fully saturated rings. The highest BCUT2D eigenvalue weighted by Gasteiger charge is 2.09. The summed E-state index contributed by atoms with van der Waals surface area (Å²) in [4.78, 5) is 11.9. The normalized spacial score (nSPS) is 10.6. The van der Waals surface area contributed by atoms with Gasteiger partial charge in [-0.3, -0.25) is 4.79 Å². The van der Waals surface area contributed by atoms with Crippen molar-refractivity contribution in [3.63, 3.8) is 0 Å². The van der Waals surface area contributed by atoms with Gasteiger partial charge in [-0.1, -0.05) is 12.1 Å². The summed E-state index contributed by atoms with van der Waals surface area (Å²) in [6.45, 7) is 1.90. The SMILES string of the molecule is COc1cc(C)c(/C=N/NC(=O)c2ccccc2O)cc1OC. The van der Waals surface area contributed by atoms with E-state index in [1.54, 1.807) is 32.4 Å². The summed E-state index contributed by atoms with van der Waals surface area (Å²) in [6.07, 6.45) is 1.51. The van der Waals surface area contributed by atoms with Gasteiger partial charge in [-0.05, 0) is 36.8 Å². The van der Waals surface area contributed by atoms with E-state index in [9.17, 15) is 9.90 Å². The summed E-state index contributed by atoms with van der Waals surface area (Å²) in [5, 5.41) is 13.5. The number of hydrogen-bond acceptors (Lipinski definition) is 5. The molecule has 6 nitrogen and oxygen atoms in total. The Labute approximate surface area is 134 Å².